The number of rotatable bonds is 8. The number of benzene rings is 1. The highest BCUT2D eigenvalue weighted by Gasteiger charge is 2.14. The molecule has 0 amide bonds. The summed E-state index contributed by atoms with van der Waals surface area (Å²) in [7, 11) is 0. The van der Waals surface area contributed by atoms with Crippen LogP contribution in [-0.2, 0) is 13.0 Å². The van der Waals surface area contributed by atoms with Gasteiger partial charge in [-0.2, -0.15) is 0 Å². The highest BCUT2D eigenvalue weighted by Crippen LogP contribution is 2.24. The smallest absolute Gasteiger partial charge is 0.119 e. The van der Waals surface area contributed by atoms with Gasteiger partial charge < -0.3 is 14.2 Å². The van der Waals surface area contributed by atoms with E-state index >= 15 is 0 Å². The molecule has 0 bridgehead atoms. The van der Waals surface area contributed by atoms with Crippen LogP contribution in [0.5, 0.6) is 5.75 Å². The average Bonchev–Trinajstić information content (AvgIpc) is 3.42. The Morgan fingerprint density at radius 1 is 0.926 bits per heavy atom. The molecule has 0 N–H and O–H groups in total. The zero-order valence-corrected chi connectivity index (χ0v) is 15.6. The second kappa shape index (κ2) is 8.71. The van der Waals surface area contributed by atoms with E-state index in [1.54, 1.807) is 0 Å². The third kappa shape index (κ3) is 4.88. The van der Waals surface area contributed by atoms with Crippen LogP contribution in [0.4, 0.5) is 5.69 Å². The van der Waals surface area contributed by atoms with Crippen molar-refractivity contribution in [1.29, 1.82) is 0 Å². The van der Waals surface area contributed by atoms with Crippen LogP contribution in [0.1, 0.15) is 24.8 Å². The minimum absolute atomic E-state index is 0.0880. The molecule has 1 saturated heterocycles. The molecule has 0 saturated carbocycles. The lowest BCUT2D eigenvalue weighted by atomic mass is 10.1. The van der Waals surface area contributed by atoms with Gasteiger partial charge in [0.1, 0.15) is 11.9 Å². The maximum Gasteiger partial charge on any atom is 0.119 e. The molecule has 0 aliphatic carbocycles. The topological polar surface area (TPSA) is 43.2 Å². The third-order valence-electron chi connectivity index (χ3n) is 5.09. The molecule has 3 heterocycles. The van der Waals surface area contributed by atoms with Gasteiger partial charge in [-0.3, -0.25) is 4.98 Å². The van der Waals surface area contributed by atoms with Gasteiger partial charge in [-0.25, -0.2) is 4.98 Å². The van der Waals surface area contributed by atoms with E-state index in [9.17, 15) is 0 Å². The van der Waals surface area contributed by atoms with Gasteiger partial charge in [0.15, 0.2) is 0 Å². The minimum atomic E-state index is 0.0880. The van der Waals surface area contributed by atoms with E-state index in [0.29, 0.717) is 0 Å². The van der Waals surface area contributed by atoms with Gasteiger partial charge in [0, 0.05) is 43.6 Å². The van der Waals surface area contributed by atoms with E-state index in [1.165, 1.54) is 24.1 Å². The summed E-state index contributed by atoms with van der Waals surface area (Å²) in [4.78, 5) is 10.7. The summed E-state index contributed by atoms with van der Waals surface area (Å²) >= 11 is 0. The highest BCUT2D eigenvalue weighted by molar-refractivity contribution is 5.49. The van der Waals surface area contributed by atoms with Crippen molar-refractivity contribution in [3.63, 3.8) is 0 Å². The first kappa shape index (κ1) is 17.6. The Morgan fingerprint density at radius 3 is 2.41 bits per heavy atom. The molecule has 3 aromatic rings. The Hall–Kier alpha value is -2.82. The minimum Gasteiger partial charge on any atom is -0.489 e. The van der Waals surface area contributed by atoms with Gasteiger partial charge in [0.25, 0.3) is 0 Å². The zero-order chi connectivity index (χ0) is 18.3. The molecule has 1 aliphatic heterocycles. The Kier molecular flexibility index (Phi) is 5.67. The van der Waals surface area contributed by atoms with Crippen LogP contribution in [0.2, 0.25) is 0 Å². The maximum atomic E-state index is 6.34. The van der Waals surface area contributed by atoms with Gasteiger partial charge in [-0.05, 0) is 67.6 Å². The van der Waals surface area contributed by atoms with Crippen LogP contribution in [0.15, 0.2) is 67.5 Å². The second-order valence-electron chi connectivity index (χ2n) is 7.08. The fourth-order valence-corrected chi connectivity index (χ4v) is 3.60. The number of aromatic nitrogens is 3. The van der Waals surface area contributed by atoms with Crippen LogP contribution in [-0.4, -0.2) is 33.7 Å². The number of hydrogen-bond acceptors (Lipinski definition) is 4. The average molecular weight is 362 g/mol. The molecule has 27 heavy (non-hydrogen) atoms. The molecule has 1 atom stereocenters. The van der Waals surface area contributed by atoms with E-state index in [2.05, 4.69) is 55.8 Å². The first-order chi connectivity index (χ1) is 13.4. The Labute approximate surface area is 160 Å². The summed E-state index contributed by atoms with van der Waals surface area (Å²) in [5.41, 5.74) is 2.58. The fourth-order valence-electron chi connectivity index (χ4n) is 3.60. The fraction of sp³-hybridized carbons (Fsp3) is 0.364. The first-order valence-electron chi connectivity index (χ1n) is 9.73. The van der Waals surface area contributed by atoms with Crippen molar-refractivity contribution in [2.75, 3.05) is 18.0 Å². The number of nitrogens with zero attached hydrogens (tertiary/aromatic N) is 4. The summed E-state index contributed by atoms with van der Waals surface area (Å²) in [6.45, 7) is 3.11. The van der Waals surface area contributed by atoms with Crippen LogP contribution >= 0.6 is 0 Å². The normalized spacial score (nSPS) is 15.0. The lowest BCUT2D eigenvalue weighted by Crippen LogP contribution is -2.23. The Bertz CT molecular complexity index is 796. The summed E-state index contributed by atoms with van der Waals surface area (Å²) in [6, 6.07) is 12.7. The molecule has 5 heteroatoms. The number of pyridine rings is 1. The van der Waals surface area contributed by atoms with E-state index < -0.39 is 0 Å². The van der Waals surface area contributed by atoms with Gasteiger partial charge in [-0.1, -0.05) is 0 Å². The van der Waals surface area contributed by atoms with Crippen LogP contribution in [0, 0.1) is 0 Å². The van der Waals surface area contributed by atoms with Crippen LogP contribution in [0.3, 0.4) is 0 Å². The van der Waals surface area contributed by atoms with Crippen LogP contribution < -0.4 is 9.64 Å². The van der Waals surface area contributed by atoms with Crippen molar-refractivity contribution in [1.82, 2.24) is 14.5 Å². The summed E-state index contributed by atoms with van der Waals surface area (Å²) in [6.07, 6.45) is 13.9. The number of ether oxygens (including phenoxy) is 1. The summed E-state index contributed by atoms with van der Waals surface area (Å²) in [5.74, 6) is 0.929. The predicted octanol–water partition coefficient (Wildman–Crippen LogP) is 3.96. The Morgan fingerprint density at radius 2 is 1.70 bits per heavy atom. The lowest BCUT2D eigenvalue weighted by Gasteiger charge is -2.21. The molecule has 2 aromatic heterocycles. The highest BCUT2D eigenvalue weighted by atomic mass is 16.5. The second-order valence-corrected chi connectivity index (χ2v) is 7.08. The van der Waals surface area contributed by atoms with E-state index in [1.807, 2.05) is 31.1 Å². The van der Waals surface area contributed by atoms with Crippen molar-refractivity contribution in [3.8, 4) is 5.75 Å². The van der Waals surface area contributed by atoms with Crippen molar-refractivity contribution in [2.24, 2.45) is 0 Å². The number of hydrogen-bond donors (Lipinski definition) is 0. The summed E-state index contributed by atoms with van der Waals surface area (Å²) < 4.78 is 8.42. The van der Waals surface area contributed by atoms with E-state index in [-0.39, 0.29) is 6.10 Å². The molecular weight excluding hydrogens is 336 g/mol. The third-order valence-corrected chi connectivity index (χ3v) is 5.09. The number of aryl methyl sites for hydroxylation is 1. The monoisotopic (exact) mass is 362 g/mol. The molecular formula is C22H26N4O. The van der Waals surface area contributed by atoms with E-state index in [0.717, 1.165) is 38.2 Å². The van der Waals surface area contributed by atoms with Crippen molar-refractivity contribution in [3.05, 3.63) is 73.1 Å². The molecule has 1 unspecified atom stereocenters. The van der Waals surface area contributed by atoms with Gasteiger partial charge in [0.05, 0.1) is 12.9 Å². The maximum absolute atomic E-state index is 6.34. The Balaban J connectivity index is 1.41. The molecule has 4 rings (SSSR count). The largest absolute Gasteiger partial charge is 0.489 e. The van der Waals surface area contributed by atoms with Crippen molar-refractivity contribution >= 4 is 5.69 Å². The van der Waals surface area contributed by atoms with Crippen molar-refractivity contribution < 1.29 is 4.74 Å². The quantitative estimate of drug-likeness (QED) is 0.608. The standard InChI is InChI=1S/C22H26N4O/c1-2-15-26(14-1)20-4-7-21(8-5-20)27-22(17-25-16-13-24-18-25)6-3-19-9-11-23-12-10-19/h4-5,7-13,16,18,22H,1-3,6,14-15,17H2. The SMILES string of the molecule is c1cc(CCC(Cn2ccnc2)Oc2ccc(N3CCCC3)cc2)ccn1. The molecule has 0 radical (unpaired) electrons. The molecule has 1 aromatic carbocycles. The van der Waals surface area contributed by atoms with E-state index in [4.69, 9.17) is 4.74 Å². The zero-order valence-electron chi connectivity index (χ0n) is 15.6. The van der Waals surface area contributed by atoms with Gasteiger partial charge in [0.2, 0.25) is 0 Å². The number of imidazole rings is 1. The van der Waals surface area contributed by atoms with Gasteiger partial charge in [-0.15, -0.1) is 0 Å². The molecule has 0 spiro atoms. The molecule has 1 fully saturated rings. The predicted molar refractivity (Wildman–Crippen MR) is 107 cm³/mol. The summed E-state index contributed by atoms with van der Waals surface area (Å²) in [5, 5.41) is 0. The molecule has 1 aliphatic rings. The number of anilines is 1. The molecule has 140 valence electrons. The van der Waals surface area contributed by atoms with Gasteiger partial charge >= 0.3 is 0 Å². The van der Waals surface area contributed by atoms with Crippen LogP contribution in [0.25, 0.3) is 0 Å². The molecule has 5 nitrogen and oxygen atoms in total. The lowest BCUT2D eigenvalue weighted by molar-refractivity contribution is 0.170. The first-order valence-corrected chi connectivity index (χ1v) is 9.73. The van der Waals surface area contributed by atoms with Crippen molar-refractivity contribution in [2.45, 2.75) is 38.3 Å².